The Morgan fingerprint density at radius 1 is 1.20 bits per heavy atom. The summed E-state index contributed by atoms with van der Waals surface area (Å²) >= 11 is 0. The molecule has 0 saturated carbocycles. The van der Waals surface area contributed by atoms with Crippen LogP contribution in [0.1, 0.15) is 31.3 Å². The molecule has 0 bridgehead atoms. The van der Waals surface area contributed by atoms with Crippen molar-refractivity contribution in [1.82, 2.24) is 29.0 Å². The van der Waals surface area contributed by atoms with Gasteiger partial charge in [-0.1, -0.05) is 13.3 Å². The van der Waals surface area contributed by atoms with Gasteiger partial charge in [-0.05, 0) is 18.6 Å². The van der Waals surface area contributed by atoms with Gasteiger partial charge < -0.3 is 18.3 Å². The zero-order valence-electron chi connectivity index (χ0n) is 19.7. The van der Waals surface area contributed by atoms with Crippen LogP contribution in [-0.2, 0) is 20.1 Å². The van der Waals surface area contributed by atoms with Gasteiger partial charge in [-0.25, -0.2) is 9.78 Å². The Balaban J connectivity index is 1.33. The Hall–Kier alpha value is -4.11. The predicted octanol–water partition coefficient (Wildman–Crippen LogP) is 1.67. The van der Waals surface area contributed by atoms with Gasteiger partial charge in [0, 0.05) is 39.8 Å². The lowest BCUT2D eigenvalue weighted by Gasteiger charge is -2.34. The molecule has 5 rings (SSSR count). The Bertz CT molecular complexity index is 1490. The van der Waals surface area contributed by atoms with E-state index in [1.165, 1.54) is 6.26 Å². The lowest BCUT2D eigenvalue weighted by atomic mass is 10.3. The summed E-state index contributed by atoms with van der Waals surface area (Å²) in [5.74, 6) is 1.91. The molecule has 12 nitrogen and oxygen atoms in total. The van der Waals surface area contributed by atoms with Crippen LogP contribution in [-0.4, -0.2) is 55.2 Å². The molecule has 0 atom stereocenters. The van der Waals surface area contributed by atoms with Crippen molar-refractivity contribution in [2.45, 2.75) is 32.9 Å². The van der Waals surface area contributed by atoms with Crippen molar-refractivity contribution in [2.75, 3.05) is 31.1 Å². The van der Waals surface area contributed by atoms with Crippen LogP contribution in [0.25, 0.3) is 22.8 Å². The van der Waals surface area contributed by atoms with E-state index >= 15 is 0 Å². The minimum atomic E-state index is -0.427. The lowest BCUT2D eigenvalue weighted by Crippen LogP contribution is -2.46. The van der Waals surface area contributed by atoms with E-state index < -0.39 is 11.2 Å². The SMILES string of the molecule is CCCCn1c(=O)[nH]c(=O)c2c1nc(CN1CCN(c3oc(-c4ccco4)nc3C#N)CC1)n2C. The van der Waals surface area contributed by atoms with Crippen LogP contribution in [0, 0.1) is 11.3 Å². The summed E-state index contributed by atoms with van der Waals surface area (Å²) in [5.41, 5.74) is 0.202. The number of aryl methyl sites for hydroxylation is 2. The standard InChI is InChI=1S/C23H26N8O4/c1-3-4-7-31-19-18(20(32)27-23(31)33)28(2)17(26-19)14-29-8-10-30(11-9-29)22-15(13-24)25-21(35-22)16-6-5-12-34-16/h5-6,12H,3-4,7-11,14H2,1-2H3,(H,27,32,33). The molecular formula is C23H26N8O4. The van der Waals surface area contributed by atoms with Crippen molar-refractivity contribution in [3.05, 3.63) is 50.8 Å². The fourth-order valence-corrected chi connectivity index (χ4v) is 4.37. The van der Waals surface area contributed by atoms with Crippen molar-refractivity contribution in [2.24, 2.45) is 7.05 Å². The van der Waals surface area contributed by atoms with Crippen LogP contribution >= 0.6 is 0 Å². The second-order valence-corrected chi connectivity index (χ2v) is 8.55. The summed E-state index contributed by atoms with van der Waals surface area (Å²) in [4.78, 5) is 40.5. The number of hydrogen-bond acceptors (Lipinski definition) is 9. The number of anilines is 1. The summed E-state index contributed by atoms with van der Waals surface area (Å²) in [6, 6.07) is 5.58. The van der Waals surface area contributed by atoms with Gasteiger partial charge in [0.2, 0.25) is 11.6 Å². The molecule has 0 unspecified atom stereocenters. The van der Waals surface area contributed by atoms with Gasteiger partial charge in [0.25, 0.3) is 11.4 Å². The molecule has 1 aliphatic rings. The minimum absolute atomic E-state index is 0.226. The van der Waals surface area contributed by atoms with Gasteiger partial charge in [0.05, 0.1) is 12.8 Å². The first-order chi connectivity index (χ1) is 17.0. The molecule has 4 aromatic heterocycles. The molecule has 0 spiro atoms. The molecule has 35 heavy (non-hydrogen) atoms. The largest absolute Gasteiger partial charge is 0.459 e. The van der Waals surface area contributed by atoms with E-state index in [1.54, 1.807) is 28.3 Å². The van der Waals surface area contributed by atoms with Crippen LogP contribution in [0.4, 0.5) is 5.88 Å². The first-order valence-corrected chi connectivity index (χ1v) is 11.6. The highest BCUT2D eigenvalue weighted by Gasteiger charge is 2.26. The van der Waals surface area contributed by atoms with E-state index in [1.807, 2.05) is 11.8 Å². The smallest absolute Gasteiger partial charge is 0.330 e. The fourth-order valence-electron chi connectivity index (χ4n) is 4.37. The molecule has 5 heterocycles. The number of nitrogens with one attached hydrogen (secondary N) is 1. The molecule has 0 amide bonds. The van der Waals surface area contributed by atoms with E-state index in [9.17, 15) is 14.9 Å². The molecule has 182 valence electrons. The number of rotatable bonds is 7. The fraction of sp³-hybridized carbons (Fsp3) is 0.435. The van der Waals surface area contributed by atoms with Gasteiger partial charge in [0.15, 0.2) is 16.9 Å². The molecule has 0 aliphatic carbocycles. The molecular weight excluding hydrogens is 452 g/mol. The number of piperazine rings is 1. The highest BCUT2D eigenvalue weighted by atomic mass is 16.4. The Labute approximate surface area is 200 Å². The Morgan fingerprint density at radius 3 is 2.69 bits per heavy atom. The highest BCUT2D eigenvalue weighted by Crippen LogP contribution is 2.29. The summed E-state index contributed by atoms with van der Waals surface area (Å²) in [6.45, 7) is 5.75. The van der Waals surface area contributed by atoms with Gasteiger partial charge in [-0.15, -0.1) is 0 Å². The number of fused-ring (bicyclic) bond motifs is 1. The van der Waals surface area contributed by atoms with E-state index in [0.717, 1.165) is 12.8 Å². The van der Waals surface area contributed by atoms with E-state index in [-0.39, 0.29) is 11.6 Å². The number of imidazole rings is 1. The maximum atomic E-state index is 12.5. The van der Waals surface area contributed by atoms with Crippen molar-refractivity contribution in [3.63, 3.8) is 0 Å². The maximum Gasteiger partial charge on any atom is 0.330 e. The Morgan fingerprint density at radius 2 is 2.00 bits per heavy atom. The zero-order chi connectivity index (χ0) is 24.5. The molecule has 0 aromatic carbocycles. The summed E-state index contributed by atoms with van der Waals surface area (Å²) in [7, 11) is 1.80. The van der Waals surface area contributed by atoms with Crippen LogP contribution < -0.4 is 16.1 Å². The minimum Gasteiger partial charge on any atom is -0.459 e. The van der Waals surface area contributed by atoms with E-state index in [4.69, 9.17) is 8.83 Å². The third kappa shape index (κ3) is 4.15. The second-order valence-electron chi connectivity index (χ2n) is 8.55. The van der Waals surface area contributed by atoms with Crippen molar-refractivity contribution in [1.29, 1.82) is 5.26 Å². The first-order valence-electron chi connectivity index (χ1n) is 11.6. The number of nitriles is 1. The molecule has 1 saturated heterocycles. The van der Waals surface area contributed by atoms with E-state index in [0.29, 0.717) is 67.9 Å². The molecule has 4 aromatic rings. The van der Waals surface area contributed by atoms with Gasteiger partial charge in [-0.3, -0.25) is 19.2 Å². The van der Waals surface area contributed by atoms with Gasteiger partial charge >= 0.3 is 5.69 Å². The monoisotopic (exact) mass is 478 g/mol. The summed E-state index contributed by atoms with van der Waals surface area (Å²) in [5, 5.41) is 9.52. The van der Waals surface area contributed by atoms with Crippen LogP contribution in [0.15, 0.2) is 36.8 Å². The molecule has 1 N–H and O–H groups in total. The average molecular weight is 479 g/mol. The highest BCUT2D eigenvalue weighted by molar-refractivity contribution is 5.70. The number of H-pyrrole nitrogens is 1. The second kappa shape index (κ2) is 9.27. The summed E-state index contributed by atoms with van der Waals surface area (Å²) in [6.07, 6.45) is 3.28. The topological polar surface area (TPSA) is 142 Å². The van der Waals surface area contributed by atoms with Crippen LogP contribution in [0.2, 0.25) is 0 Å². The first kappa shape index (κ1) is 22.7. The van der Waals surface area contributed by atoms with Crippen LogP contribution in [0.3, 0.4) is 0 Å². The maximum absolute atomic E-state index is 12.5. The zero-order valence-corrected chi connectivity index (χ0v) is 19.7. The number of furan rings is 1. The van der Waals surface area contributed by atoms with Crippen molar-refractivity contribution < 1.29 is 8.83 Å². The number of nitrogens with zero attached hydrogens (tertiary/aromatic N) is 7. The molecule has 12 heteroatoms. The predicted molar refractivity (Wildman–Crippen MR) is 127 cm³/mol. The molecule has 1 fully saturated rings. The van der Waals surface area contributed by atoms with Gasteiger partial charge in [0.1, 0.15) is 11.9 Å². The number of hydrogen-bond donors (Lipinski definition) is 1. The number of unbranched alkanes of at least 4 members (excludes halogenated alkanes) is 1. The third-order valence-electron chi connectivity index (χ3n) is 6.31. The van der Waals surface area contributed by atoms with Crippen LogP contribution in [0.5, 0.6) is 0 Å². The third-order valence-corrected chi connectivity index (χ3v) is 6.31. The van der Waals surface area contributed by atoms with E-state index in [2.05, 4.69) is 25.9 Å². The van der Waals surface area contributed by atoms with Crippen molar-refractivity contribution in [3.8, 4) is 17.7 Å². The number of aromatic amines is 1. The number of oxazole rings is 1. The van der Waals surface area contributed by atoms with Crippen molar-refractivity contribution >= 4 is 17.0 Å². The molecule has 0 radical (unpaired) electrons. The van der Waals surface area contributed by atoms with Gasteiger partial charge in [-0.2, -0.15) is 10.2 Å². The summed E-state index contributed by atoms with van der Waals surface area (Å²) < 4.78 is 14.5. The normalized spacial score (nSPS) is 14.6. The Kier molecular flexibility index (Phi) is 6.00. The number of aromatic nitrogens is 5. The molecule has 1 aliphatic heterocycles. The lowest BCUT2D eigenvalue weighted by molar-refractivity contribution is 0.238. The average Bonchev–Trinajstić information content (AvgIpc) is 3.59. The quantitative estimate of drug-likeness (QED) is 0.419.